The summed E-state index contributed by atoms with van der Waals surface area (Å²) in [7, 11) is 0. The number of amides is 1. The molecule has 0 aromatic heterocycles. The molecule has 2 aliphatic rings. The molecule has 1 aliphatic carbocycles. The molecule has 1 atom stereocenters. The van der Waals surface area contributed by atoms with E-state index in [1.165, 1.54) is 25.7 Å². The highest BCUT2D eigenvalue weighted by atomic mass is 16.2. The molecule has 1 heterocycles. The Hall–Kier alpha value is -0.570. The maximum absolute atomic E-state index is 12.1. The van der Waals surface area contributed by atoms with Gasteiger partial charge in [-0.3, -0.25) is 4.79 Å². The van der Waals surface area contributed by atoms with Gasteiger partial charge in [-0.1, -0.05) is 12.8 Å². The van der Waals surface area contributed by atoms with Crippen molar-refractivity contribution in [3.05, 3.63) is 0 Å². The summed E-state index contributed by atoms with van der Waals surface area (Å²) in [5.41, 5.74) is -0.166. The molecule has 1 saturated heterocycles. The highest BCUT2D eigenvalue weighted by molar-refractivity contribution is 5.82. The van der Waals surface area contributed by atoms with Gasteiger partial charge >= 0.3 is 0 Å². The van der Waals surface area contributed by atoms with Crippen molar-refractivity contribution in [2.24, 2.45) is 5.41 Å². The summed E-state index contributed by atoms with van der Waals surface area (Å²) in [6, 6.07) is 0.455. The lowest BCUT2D eigenvalue weighted by molar-refractivity contribution is -0.131. The summed E-state index contributed by atoms with van der Waals surface area (Å²) in [4.78, 5) is 12.1. The van der Waals surface area contributed by atoms with Crippen molar-refractivity contribution in [3.63, 3.8) is 0 Å². The van der Waals surface area contributed by atoms with Crippen LogP contribution >= 0.6 is 0 Å². The fourth-order valence-electron chi connectivity index (χ4n) is 2.68. The third-order valence-electron chi connectivity index (χ3n) is 3.84. The van der Waals surface area contributed by atoms with Crippen LogP contribution in [-0.2, 0) is 4.79 Å². The normalized spacial score (nSPS) is 32.9. The van der Waals surface area contributed by atoms with Crippen molar-refractivity contribution in [2.75, 3.05) is 13.1 Å². The standard InChI is InChI=1S/C12H22N2O/c1-12(7-4-8-13-9-12)11(15)14-10-5-2-3-6-10/h10,13H,2-9H2,1H3,(H,14,15)/t12-/m0/s1. The van der Waals surface area contributed by atoms with E-state index in [1.807, 2.05) is 0 Å². The van der Waals surface area contributed by atoms with Crippen molar-refractivity contribution in [3.8, 4) is 0 Å². The van der Waals surface area contributed by atoms with E-state index in [2.05, 4.69) is 17.6 Å². The van der Waals surface area contributed by atoms with Crippen LogP contribution in [0.5, 0.6) is 0 Å². The first-order chi connectivity index (χ1) is 7.21. The molecule has 0 unspecified atom stereocenters. The maximum Gasteiger partial charge on any atom is 0.227 e. The molecule has 3 nitrogen and oxygen atoms in total. The van der Waals surface area contributed by atoms with Gasteiger partial charge in [0.1, 0.15) is 0 Å². The second kappa shape index (κ2) is 4.52. The SMILES string of the molecule is C[C@]1(C(=O)NC2CCCC2)CCCNC1. The van der Waals surface area contributed by atoms with E-state index >= 15 is 0 Å². The molecular formula is C12H22N2O. The van der Waals surface area contributed by atoms with Crippen LogP contribution in [0.15, 0.2) is 0 Å². The number of nitrogens with one attached hydrogen (secondary N) is 2. The first-order valence-electron chi connectivity index (χ1n) is 6.22. The molecule has 1 amide bonds. The summed E-state index contributed by atoms with van der Waals surface area (Å²) in [6.07, 6.45) is 7.05. The number of hydrogen-bond acceptors (Lipinski definition) is 2. The minimum absolute atomic E-state index is 0.166. The molecule has 2 rings (SSSR count). The number of carbonyl (C=O) groups is 1. The number of hydrogen-bond donors (Lipinski definition) is 2. The van der Waals surface area contributed by atoms with E-state index in [9.17, 15) is 4.79 Å². The lowest BCUT2D eigenvalue weighted by Crippen LogP contribution is -2.50. The van der Waals surface area contributed by atoms with Gasteiger partial charge in [0.25, 0.3) is 0 Å². The van der Waals surface area contributed by atoms with Gasteiger partial charge in [0.15, 0.2) is 0 Å². The van der Waals surface area contributed by atoms with Gasteiger partial charge in [-0.05, 0) is 39.2 Å². The minimum atomic E-state index is -0.166. The zero-order chi connectivity index (χ0) is 10.7. The van der Waals surface area contributed by atoms with E-state index in [0.29, 0.717) is 6.04 Å². The summed E-state index contributed by atoms with van der Waals surface area (Å²) in [5, 5.41) is 6.53. The van der Waals surface area contributed by atoms with Gasteiger partial charge in [-0.15, -0.1) is 0 Å². The van der Waals surface area contributed by atoms with E-state index < -0.39 is 0 Å². The van der Waals surface area contributed by atoms with Crippen LogP contribution < -0.4 is 10.6 Å². The third-order valence-corrected chi connectivity index (χ3v) is 3.84. The van der Waals surface area contributed by atoms with Crippen LogP contribution in [-0.4, -0.2) is 25.0 Å². The predicted molar refractivity (Wildman–Crippen MR) is 60.6 cm³/mol. The fourth-order valence-corrected chi connectivity index (χ4v) is 2.68. The molecule has 1 aliphatic heterocycles. The van der Waals surface area contributed by atoms with E-state index in [-0.39, 0.29) is 11.3 Å². The van der Waals surface area contributed by atoms with Gasteiger partial charge in [-0.2, -0.15) is 0 Å². The zero-order valence-electron chi connectivity index (χ0n) is 9.64. The van der Waals surface area contributed by atoms with Crippen molar-refractivity contribution in [1.29, 1.82) is 0 Å². The van der Waals surface area contributed by atoms with Crippen LogP contribution in [0, 0.1) is 5.41 Å². The Morgan fingerprint density at radius 1 is 1.33 bits per heavy atom. The minimum Gasteiger partial charge on any atom is -0.353 e. The Morgan fingerprint density at radius 2 is 2.07 bits per heavy atom. The lowest BCUT2D eigenvalue weighted by Gasteiger charge is -2.33. The van der Waals surface area contributed by atoms with Crippen molar-refractivity contribution in [2.45, 2.75) is 51.5 Å². The quantitative estimate of drug-likeness (QED) is 0.724. The molecule has 2 N–H and O–H groups in total. The van der Waals surface area contributed by atoms with E-state index in [0.717, 1.165) is 25.9 Å². The van der Waals surface area contributed by atoms with Crippen LogP contribution in [0.4, 0.5) is 0 Å². The van der Waals surface area contributed by atoms with E-state index in [4.69, 9.17) is 0 Å². The van der Waals surface area contributed by atoms with Crippen molar-refractivity contribution < 1.29 is 4.79 Å². The van der Waals surface area contributed by atoms with Crippen molar-refractivity contribution in [1.82, 2.24) is 10.6 Å². The molecule has 0 spiro atoms. The molecule has 2 fully saturated rings. The number of rotatable bonds is 2. The Bertz CT molecular complexity index is 228. The highest BCUT2D eigenvalue weighted by Crippen LogP contribution is 2.27. The summed E-state index contributed by atoms with van der Waals surface area (Å²) in [5.74, 6) is 0.265. The molecule has 86 valence electrons. The monoisotopic (exact) mass is 210 g/mol. The Labute approximate surface area is 92.0 Å². The lowest BCUT2D eigenvalue weighted by atomic mass is 9.81. The third kappa shape index (κ3) is 2.51. The fraction of sp³-hybridized carbons (Fsp3) is 0.917. The molecule has 0 aromatic carbocycles. The average Bonchev–Trinajstić information content (AvgIpc) is 2.71. The highest BCUT2D eigenvalue weighted by Gasteiger charge is 2.35. The molecular weight excluding hydrogens is 188 g/mol. The predicted octanol–water partition coefficient (Wildman–Crippen LogP) is 1.43. The second-order valence-electron chi connectivity index (χ2n) is 5.30. The van der Waals surface area contributed by atoms with Crippen LogP contribution in [0.25, 0.3) is 0 Å². The average molecular weight is 210 g/mol. The maximum atomic E-state index is 12.1. The van der Waals surface area contributed by atoms with Gasteiger partial charge < -0.3 is 10.6 Å². The Morgan fingerprint density at radius 3 is 2.67 bits per heavy atom. The smallest absolute Gasteiger partial charge is 0.227 e. The first-order valence-corrected chi connectivity index (χ1v) is 6.22. The Balaban J connectivity index is 1.87. The molecule has 15 heavy (non-hydrogen) atoms. The van der Waals surface area contributed by atoms with Crippen LogP contribution in [0.3, 0.4) is 0 Å². The van der Waals surface area contributed by atoms with Gasteiger partial charge in [0, 0.05) is 12.6 Å². The van der Waals surface area contributed by atoms with Crippen LogP contribution in [0.2, 0.25) is 0 Å². The largest absolute Gasteiger partial charge is 0.353 e. The second-order valence-corrected chi connectivity index (χ2v) is 5.30. The van der Waals surface area contributed by atoms with E-state index in [1.54, 1.807) is 0 Å². The summed E-state index contributed by atoms with van der Waals surface area (Å²) in [6.45, 7) is 3.99. The molecule has 3 heteroatoms. The van der Waals surface area contributed by atoms with Gasteiger partial charge in [-0.25, -0.2) is 0 Å². The van der Waals surface area contributed by atoms with Crippen molar-refractivity contribution >= 4 is 5.91 Å². The molecule has 0 bridgehead atoms. The summed E-state index contributed by atoms with van der Waals surface area (Å²) < 4.78 is 0. The summed E-state index contributed by atoms with van der Waals surface area (Å²) >= 11 is 0. The zero-order valence-corrected chi connectivity index (χ0v) is 9.64. The molecule has 0 radical (unpaired) electrons. The molecule has 0 aromatic rings. The van der Waals surface area contributed by atoms with Gasteiger partial charge in [0.2, 0.25) is 5.91 Å². The van der Waals surface area contributed by atoms with Crippen LogP contribution in [0.1, 0.15) is 45.4 Å². The Kier molecular flexibility index (Phi) is 3.29. The first kappa shape index (κ1) is 10.9. The topological polar surface area (TPSA) is 41.1 Å². The number of carbonyl (C=O) groups excluding carboxylic acids is 1. The molecule has 1 saturated carbocycles. The number of piperidine rings is 1. The van der Waals surface area contributed by atoms with Gasteiger partial charge in [0.05, 0.1) is 5.41 Å².